The van der Waals surface area contributed by atoms with Crippen LogP contribution in [0.5, 0.6) is 0 Å². The zero-order chi connectivity index (χ0) is 24.4. The van der Waals surface area contributed by atoms with Crippen LogP contribution >= 0.6 is 0 Å². The van der Waals surface area contributed by atoms with Crippen LogP contribution in [0.3, 0.4) is 0 Å². The molecule has 0 aliphatic carbocycles. The van der Waals surface area contributed by atoms with Crippen molar-refractivity contribution in [2.24, 2.45) is 0 Å². The summed E-state index contributed by atoms with van der Waals surface area (Å²) < 4.78 is 0. The van der Waals surface area contributed by atoms with E-state index in [2.05, 4.69) is 77.9 Å². The number of rotatable bonds is 7. The second-order valence-electron chi connectivity index (χ2n) is 10.5. The molecule has 4 rings (SSSR count). The molecule has 0 amide bonds. The molecule has 2 saturated heterocycles. The van der Waals surface area contributed by atoms with E-state index in [-0.39, 0.29) is 0 Å². The second kappa shape index (κ2) is 12.8. The predicted octanol–water partition coefficient (Wildman–Crippen LogP) is 3.24. The Balaban J connectivity index is 0.000000196. The molecule has 5 nitrogen and oxygen atoms in total. The SMILES string of the molecule is CNCCN1CCC(O)(Cc2ccc(C)cc2)CC1.Cc1ccc(CC2(O)CCNCC2)cc1. The van der Waals surface area contributed by atoms with Gasteiger partial charge in [0.25, 0.3) is 0 Å². The molecule has 0 aromatic heterocycles. The van der Waals surface area contributed by atoms with Gasteiger partial charge in [0.05, 0.1) is 11.2 Å². The molecule has 2 aromatic rings. The Kier molecular flexibility index (Phi) is 10.1. The number of hydrogen-bond donors (Lipinski definition) is 4. The van der Waals surface area contributed by atoms with E-state index in [4.69, 9.17) is 0 Å². The number of piperidine rings is 2. The van der Waals surface area contributed by atoms with Gasteiger partial charge >= 0.3 is 0 Å². The molecule has 2 aliphatic heterocycles. The van der Waals surface area contributed by atoms with E-state index in [1.807, 2.05) is 7.05 Å². The number of aliphatic hydroxyl groups is 2. The minimum Gasteiger partial charge on any atom is -0.389 e. The summed E-state index contributed by atoms with van der Waals surface area (Å²) in [5.41, 5.74) is 4.04. The molecule has 4 N–H and O–H groups in total. The molecule has 0 unspecified atom stereocenters. The third-order valence-corrected chi connectivity index (χ3v) is 7.31. The number of hydrogen-bond acceptors (Lipinski definition) is 5. The van der Waals surface area contributed by atoms with Crippen molar-refractivity contribution in [2.45, 2.75) is 63.6 Å². The number of likely N-dealkylation sites (tertiary alicyclic amines) is 1. The van der Waals surface area contributed by atoms with Crippen LogP contribution in [-0.4, -0.2) is 72.6 Å². The van der Waals surface area contributed by atoms with Crippen molar-refractivity contribution in [3.05, 3.63) is 70.8 Å². The molecule has 0 saturated carbocycles. The van der Waals surface area contributed by atoms with E-state index in [9.17, 15) is 10.2 Å². The number of benzene rings is 2. The van der Waals surface area contributed by atoms with Crippen LogP contribution in [0.2, 0.25) is 0 Å². The summed E-state index contributed by atoms with van der Waals surface area (Å²) in [6, 6.07) is 17.0. The number of nitrogens with zero attached hydrogens (tertiary/aromatic N) is 1. The molecule has 2 aliphatic rings. The summed E-state index contributed by atoms with van der Waals surface area (Å²) in [4.78, 5) is 2.43. The van der Waals surface area contributed by atoms with Crippen molar-refractivity contribution in [3.8, 4) is 0 Å². The smallest absolute Gasteiger partial charge is 0.0712 e. The van der Waals surface area contributed by atoms with Gasteiger partial charge in [-0.2, -0.15) is 0 Å². The van der Waals surface area contributed by atoms with E-state index in [0.717, 1.165) is 77.8 Å². The minimum atomic E-state index is -0.509. The van der Waals surface area contributed by atoms with Gasteiger partial charge in [-0.1, -0.05) is 59.7 Å². The average Bonchev–Trinajstić information content (AvgIpc) is 2.83. The number of aryl methyl sites for hydroxylation is 2. The number of nitrogens with one attached hydrogen (secondary N) is 2. The lowest BCUT2D eigenvalue weighted by molar-refractivity contribution is -0.0201. The maximum atomic E-state index is 10.7. The first kappa shape index (κ1) is 26.8. The molecular weight excluding hydrogens is 422 g/mol. The van der Waals surface area contributed by atoms with Crippen molar-refractivity contribution in [2.75, 3.05) is 46.3 Å². The highest BCUT2D eigenvalue weighted by molar-refractivity contribution is 5.24. The van der Waals surface area contributed by atoms with Gasteiger partial charge < -0.3 is 25.7 Å². The van der Waals surface area contributed by atoms with Crippen LogP contribution in [0.1, 0.15) is 47.9 Å². The summed E-state index contributed by atoms with van der Waals surface area (Å²) >= 11 is 0. The zero-order valence-corrected chi connectivity index (χ0v) is 21.4. The lowest BCUT2D eigenvalue weighted by Gasteiger charge is -2.38. The monoisotopic (exact) mass is 467 g/mol. The zero-order valence-electron chi connectivity index (χ0n) is 21.4. The van der Waals surface area contributed by atoms with Crippen molar-refractivity contribution in [1.82, 2.24) is 15.5 Å². The highest BCUT2D eigenvalue weighted by atomic mass is 16.3. The molecule has 34 heavy (non-hydrogen) atoms. The Morgan fingerprint density at radius 3 is 1.65 bits per heavy atom. The summed E-state index contributed by atoms with van der Waals surface area (Å²) in [7, 11) is 1.98. The Morgan fingerprint density at radius 1 is 0.765 bits per heavy atom. The molecule has 5 heteroatoms. The lowest BCUT2D eigenvalue weighted by Crippen LogP contribution is -2.47. The summed E-state index contributed by atoms with van der Waals surface area (Å²) in [6.45, 7) is 10.2. The molecule has 188 valence electrons. The van der Waals surface area contributed by atoms with Crippen LogP contribution < -0.4 is 10.6 Å². The van der Waals surface area contributed by atoms with Gasteiger partial charge in [-0.25, -0.2) is 0 Å². The van der Waals surface area contributed by atoms with E-state index < -0.39 is 11.2 Å². The van der Waals surface area contributed by atoms with Gasteiger partial charge in [0.1, 0.15) is 0 Å². The fraction of sp³-hybridized carbons (Fsp3) is 0.586. The van der Waals surface area contributed by atoms with Crippen LogP contribution in [0.4, 0.5) is 0 Å². The van der Waals surface area contributed by atoms with Gasteiger partial charge in [0.2, 0.25) is 0 Å². The fourth-order valence-corrected chi connectivity index (χ4v) is 4.88. The van der Waals surface area contributed by atoms with Gasteiger partial charge in [-0.15, -0.1) is 0 Å². The van der Waals surface area contributed by atoms with Gasteiger partial charge in [-0.05, 0) is 70.8 Å². The Labute approximate surface area is 206 Å². The first-order chi connectivity index (χ1) is 16.3. The maximum Gasteiger partial charge on any atom is 0.0712 e. The quantitative estimate of drug-likeness (QED) is 0.503. The van der Waals surface area contributed by atoms with Crippen molar-refractivity contribution < 1.29 is 10.2 Å². The Hall–Kier alpha value is -1.76. The summed E-state index contributed by atoms with van der Waals surface area (Å²) in [5.74, 6) is 0. The lowest BCUT2D eigenvalue weighted by atomic mass is 9.85. The van der Waals surface area contributed by atoms with E-state index >= 15 is 0 Å². The molecule has 0 radical (unpaired) electrons. The Morgan fingerprint density at radius 2 is 1.21 bits per heavy atom. The van der Waals surface area contributed by atoms with Crippen LogP contribution in [-0.2, 0) is 12.8 Å². The van der Waals surface area contributed by atoms with E-state index in [0.29, 0.717) is 0 Å². The third-order valence-electron chi connectivity index (χ3n) is 7.31. The third kappa shape index (κ3) is 8.79. The molecule has 0 spiro atoms. The van der Waals surface area contributed by atoms with Crippen molar-refractivity contribution in [1.29, 1.82) is 0 Å². The summed E-state index contributed by atoms with van der Waals surface area (Å²) in [6.07, 6.45) is 5.05. The fourth-order valence-electron chi connectivity index (χ4n) is 4.88. The van der Waals surface area contributed by atoms with Crippen LogP contribution in [0.25, 0.3) is 0 Å². The van der Waals surface area contributed by atoms with Crippen molar-refractivity contribution in [3.63, 3.8) is 0 Å². The minimum absolute atomic E-state index is 0.486. The first-order valence-electron chi connectivity index (χ1n) is 12.9. The van der Waals surface area contributed by atoms with Crippen molar-refractivity contribution >= 4 is 0 Å². The number of likely N-dealkylation sites (N-methyl/N-ethyl adjacent to an activating group) is 1. The van der Waals surface area contributed by atoms with Gasteiger partial charge in [0, 0.05) is 39.0 Å². The van der Waals surface area contributed by atoms with Gasteiger partial charge in [-0.3, -0.25) is 0 Å². The molecule has 0 atom stereocenters. The average molecular weight is 468 g/mol. The largest absolute Gasteiger partial charge is 0.389 e. The second-order valence-corrected chi connectivity index (χ2v) is 10.5. The molecule has 0 bridgehead atoms. The van der Waals surface area contributed by atoms with Crippen LogP contribution in [0.15, 0.2) is 48.5 Å². The molecule has 2 fully saturated rings. The highest BCUT2D eigenvalue weighted by Gasteiger charge is 2.32. The highest BCUT2D eigenvalue weighted by Crippen LogP contribution is 2.26. The predicted molar refractivity (Wildman–Crippen MR) is 141 cm³/mol. The van der Waals surface area contributed by atoms with Crippen LogP contribution in [0, 0.1) is 13.8 Å². The maximum absolute atomic E-state index is 10.7. The topological polar surface area (TPSA) is 67.8 Å². The van der Waals surface area contributed by atoms with E-state index in [1.54, 1.807) is 0 Å². The normalized spacial score (nSPS) is 19.8. The molecular formula is C29H45N3O2. The molecule has 2 heterocycles. The summed E-state index contributed by atoms with van der Waals surface area (Å²) in [5, 5.41) is 27.5. The molecule has 2 aromatic carbocycles. The first-order valence-corrected chi connectivity index (χ1v) is 12.9. The standard InChI is InChI=1S/C16H26N2O.C13H19NO/c1-14-3-5-15(6-4-14)13-16(19)7-10-18(11-8-16)12-9-17-2;1-11-2-4-12(5-3-11)10-13(15)6-8-14-9-7-13/h3-6,17,19H,7-13H2,1-2H3;2-5,14-15H,6-10H2,1H3. The van der Waals surface area contributed by atoms with E-state index in [1.165, 1.54) is 22.3 Å². The Bertz CT molecular complexity index is 837. The van der Waals surface area contributed by atoms with Gasteiger partial charge in [0.15, 0.2) is 0 Å².